The normalized spacial score (nSPS) is 12.5. The van der Waals surface area contributed by atoms with Gasteiger partial charge in [0.2, 0.25) is 0 Å². The van der Waals surface area contributed by atoms with Crippen molar-refractivity contribution in [2.45, 2.75) is 13.0 Å². The summed E-state index contributed by atoms with van der Waals surface area (Å²) in [6.07, 6.45) is 3.44. The first-order valence-electron chi connectivity index (χ1n) is 6.37. The van der Waals surface area contributed by atoms with Gasteiger partial charge in [0.05, 0.1) is 6.04 Å². The van der Waals surface area contributed by atoms with Crippen molar-refractivity contribution < 1.29 is 4.79 Å². The van der Waals surface area contributed by atoms with Gasteiger partial charge in [-0.3, -0.25) is 4.79 Å². The van der Waals surface area contributed by atoms with Gasteiger partial charge in [-0.1, -0.05) is 6.07 Å². The van der Waals surface area contributed by atoms with Gasteiger partial charge in [0.25, 0.3) is 5.91 Å². The number of rotatable bonds is 3. The van der Waals surface area contributed by atoms with Crippen molar-refractivity contribution in [1.29, 1.82) is 0 Å². The van der Waals surface area contributed by atoms with Crippen LogP contribution in [0.3, 0.4) is 0 Å². The van der Waals surface area contributed by atoms with E-state index in [1.807, 2.05) is 44.4 Å². The molecule has 6 heteroatoms. The second kappa shape index (κ2) is 4.80. The third-order valence-corrected chi connectivity index (χ3v) is 3.32. The molecule has 2 aromatic heterocycles. The molecular formula is C14H15N5O. The van der Waals surface area contributed by atoms with Crippen molar-refractivity contribution in [2.24, 2.45) is 7.05 Å². The SMILES string of the molecule is CC(NC(=O)c1cccc2[nH]ccc12)c1nncn1C. The van der Waals surface area contributed by atoms with Gasteiger partial charge in [0.15, 0.2) is 5.82 Å². The molecule has 1 aromatic carbocycles. The second-order valence-corrected chi connectivity index (χ2v) is 4.74. The summed E-state index contributed by atoms with van der Waals surface area (Å²) in [4.78, 5) is 15.5. The highest BCUT2D eigenvalue weighted by atomic mass is 16.1. The van der Waals surface area contributed by atoms with Crippen LogP contribution in [0.1, 0.15) is 29.1 Å². The summed E-state index contributed by atoms with van der Waals surface area (Å²) in [5, 5.41) is 11.7. The Morgan fingerprint density at radius 1 is 1.40 bits per heavy atom. The van der Waals surface area contributed by atoms with Crippen molar-refractivity contribution in [2.75, 3.05) is 0 Å². The molecule has 1 unspecified atom stereocenters. The minimum atomic E-state index is -0.204. The molecule has 0 saturated carbocycles. The molecule has 2 heterocycles. The maximum absolute atomic E-state index is 12.4. The number of nitrogens with one attached hydrogen (secondary N) is 2. The molecule has 2 N–H and O–H groups in total. The molecule has 3 aromatic rings. The lowest BCUT2D eigenvalue weighted by molar-refractivity contribution is 0.0939. The van der Waals surface area contributed by atoms with Crippen LogP contribution in [0, 0.1) is 0 Å². The summed E-state index contributed by atoms with van der Waals surface area (Å²) in [5.74, 6) is 0.602. The second-order valence-electron chi connectivity index (χ2n) is 4.74. The first-order chi connectivity index (χ1) is 9.66. The zero-order chi connectivity index (χ0) is 14.1. The van der Waals surface area contributed by atoms with Crippen molar-refractivity contribution in [1.82, 2.24) is 25.1 Å². The molecule has 6 nitrogen and oxygen atoms in total. The quantitative estimate of drug-likeness (QED) is 0.761. The molecule has 0 aliphatic heterocycles. The molecule has 0 saturated heterocycles. The number of fused-ring (bicyclic) bond motifs is 1. The van der Waals surface area contributed by atoms with Crippen LogP contribution in [0.15, 0.2) is 36.8 Å². The molecule has 0 radical (unpaired) electrons. The van der Waals surface area contributed by atoms with Crippen molar-refractivity contribution in [3.05, 3.63) is 48.2 Å². The van der Waals surface area contributed by atoms with Gasteiger partial charge < -0.3 is 14.9 Å². The number of nitrogens with zero attached hydrogens (tertiary/aromatic N) is 3. The van der Waals surface area contributed by atoms with Crippen LogP contribution in [0.2, 0.25) is 0 Å². The fraction of sp³-hybridized carbons (Fsp3) is 0.214. The number of H-pyrrole nitrogens is 1. The zero-order valence-electron chi connectivity index (χ0n) is 11.3. The van der Waals surface area contributed by atoms with Crippen LogP contribution in [-0.2, 0) is 7.05 Å². The standard InChI is InChI=1S/C14H15N5O/c1-9(13-18-16-8-19(13)2)17-14(20)11-4-3-5-12-10(11)6-7-15-12/h3-9,15H,1-2H3,(H,17,20). The van der Waals surface area contributed by atoms with E-state index < -0.39 is 0 Å². The van der Waals surface area contributed by atoms with E-state index in [0.29, 0.717) is 5.56 Å². The molecule has 1 atom stereocenters. The zero-order valence-corrected chi connectivity index (χ0v) is 11.3. The molecule has 0 aliphatic rings. The van der Waals surface area contributed by atoms with Gasteiger partial charge in [0, 0.05) is 29.7 Å². The van der Waals surface area contributed by atoms with E-state index in [0.717, 1.165) is 16.7 Å². The summed E-state index contributed by atoms with van der Waals surface area (Å²) < 4.78 is 1.79. The molecule has 0 spiro atoms. The van der Waals surface area contributed by atoms with Crippen molar-refractivity contribution in [3.8, 4) is 0 Å². The fourth-order valence-corrected chi connectivity index (χ4v) is 2.31. The minimum absolute atomic E-state index is 0.120. The van der Waals surface area contributed by atoms with E-state index in [-0.39, 0.29) is 11.9 Å². The number of amides is 1. The lowest BCUT2D eigenvalue weighted by Gasteiger charge is -2.13. The molecule has 1 amide bonds. The van der Waals surface area contributed by atoms with E-state index in [9.17, 15) is 4.79 Å². The largest absolute Gasteiger partial charge is 0.361 e. The predicted molar refractivity (Wildman–Crippen MR) is 75.2 cm³/mol. The Hall–Kier alpha value is -2.63. The number of benzene rings is 1. The number of aromatic nitrogens is 4. The Labute approximate surface area is 115 Å². The Balaban J connectivity index is 1.86. The monoisotopic (exact) mass is 269 g/mol. The van der Waals surface area contributed by atoms with Crippen LogP contribution in [0.5, 0.6) is 0 Å². The molecule has 0 bridgehead atoms. The molecular weight excluding hydrogens is 254 g/mol. The topological polar surface area (TPSA) is 75.6 Å². The van der Waals surface area contributed by atoms with Gasteiger partial charge in [-0.25, -0.2) is 0 Å². The molecule has 20 heavy (non-hydrogen) atoms. The van der Waals surface area contributed by atoms with E-state index in [2.05, 4.69) is 20.5 Å². The fourth-order valence-electron chi connectivity index (χ4n) is 2.31. The van der Waals surface area contributed by atoms with Gasteiger partial charge in [-0.05, 0) is 25.1 Å². The van der Waals surface area contributed by atoms with Gasteiger partial charge in [0.1, 0.15) is 6.33 Å². The Kier molecular flexibility index (Phi) is 2.98. The van der Waals surface area contributed by atoms with E-state index in [1.165, 1.54) is 0 Å². The highest BCUT2D eigenvalue weighted by Gasteiger charge is 2.17. The summed E-state index contributed by atoms with van der Waals surface area (Å²) in [7, 11) is 1.85. The number of hydrogen-bond donors (Lipinski definition) is 2. The Morgan fingerprint density at radius 3 is 3.00 bits per heavy atom. The highest BCUT2D eigenvalue weighted by molar-refractivity contribution is 6.06. The van der Waals surface area contributed by atoms with E-state index in [4.69, 9.17) is 0 Å². The molecule has 3 rings (SSSR count). The van der Waals surface area contributed by atoms with Crippen molar-refractivity contribution in [3.63, 3.8) is 0 Å². The highest BCUT2D eigenvalue weighted by Crippen LogP contribution is 2.18. The van der Waals surface area contributed by atoms with Gasteiger partial charge in [-0.15, -0.1) is 10.2 Å². The lowest BCUT2D eigenvalue weighted by atomic mass is 10.1. The number of carbonyl (C=O) groups is 1. The smallest absolute Gasteiger partial charge is 0.252 e. The van der Waals surface area contributed by atoms with Gasteiger partial charge in [-0.2, -0.15) is 0 Å². The maximum atomic E-state index is 12.4. The van der Waals surface area contributed by atoms with Crippen molar-refractivity contribution >= 4 is 16.8 Å². The molecule has 0 fully saturated rings. The molecule has 102 valence electrons. The minimum Gasteiger partial charge on any atom is -0.361 e. The summed E-state index contributed by atoms with van der Waals surface area (Å²) in [6.45, 7) is 1.89. The van der Waals surface area contributed by atoms with Crippen LogP contribution in [0.4, 0.5) is 0 Å². The van der Waals surface area contributed by atoms with Crippen LogP contribution in [0.25, 0.3) is 10.9 Å². The summed E-state index contributed by atoms with van der Waals surface area (Å²) in [5.41, 5.74) is 1.60. The Bertz CT molecular complexity index is 758. The number of hydrogen-bond acceptors (Lipinski definition) is 3. The summed E-state index contributed by atoms with van der Waals surface area (Å²) in [6, 6.07) is 7.31. The number of aromatic amines is 1. The number of aryl methyl sites for hydroxylation is 1. The summed E-state index contributed by atoms with van der Waals surface area (Å²) >= 11 is 0. The first kappa shape index (κ1) is 12.4. The predicted octanol–water partition coefficient (Wildman–Crippen LogP) is 1.79. The molecule has 0 aliphatic carbocycles. The van der Waals surface area contributed by atoms with E-state index in [1.54, 1.807) is 10.9 Å². The average Bonchev–Trinajstić information content (AvgIpc) is 3.05. The Morgan fingerprint density at radius 2 is 2.25 bits per heavy atom. The van der Waals surface area contributed by atoms with E-state index >= 15 is 0 Å². The number of carbonyl (C=O) groups excluding carboxylic acids is 1. The lowest BCUT2D eigenvalue weighted by Crippen LogP contribution is -2.28. The third-order valence-electron chi connectivity index (χ3n) is 3.32. The average molecular weight is 269 g/mol. The third kappa shape index (κ3) is 2.05. The first-order valence-corrected chi connectivity index (χ1v) is 6.37. The van der Waals surface area contributed by atoms with Crippen LogP contribution in [-0.4, -0.2) is 25.7 Å². The van der Waals surface area contributed by atoms with Gasteiger partial charge >= 0.3 is 0 Å². The van der Waals surface area contributed by atoms with Crippen LogP contribution >= 0.6 is 0 Å². The van der Waals surface area contributed by atoms with Crippen LogP contribution < -0.4 is 5.32 Å². The maximum Gasteiger partial charge on any atom is 0.252 e.